The molecule has 0 aromatic heterocycles. The minimum absolute atomic E-state index is 0.0225. The van der Waals surface area contributed by atoms with Crippen LogP contribution in [0, 0.1) is 5.82 Å². The zero-order valence-electron chi connectivity index (χ0n) is 11.8. The van der Waals surface area contributed by atoms with Crippen LogP contribution in [-0.4, -0.2) is 30.5 Å². The summed E-state index contributed by atoms with van der Waals surface area (Å²) in [4.78, 5) is 13.8. The Labute approximate surface area is 118 Å². The molecule has 5 heteroatoms. The molecule has 0 bridgehead atoms. The highest BCUT2D eigenvalue weighted by molar-refractivity contribution is 5.77. The SMILES string of the molecule is C[C@@H](N)c1cc(F)ccc1OCC(=O)N1CCCCC1. The molecule has 1 amide bonds. The lowest BCUT2D eigenvalue weighted by atomic mass is 10.1. The molecule has 1 aromatic carbocycles. The highest BCUT2D eigenvalue weighted by atomic mass is 19.1. The molecular formula is C15H21FN2O2. The van der Waals surface area contributed by atoms with Crippen molar-refractivity contribution in [2.45, 2.75) is 32.2 Å². The molecule has 0 unspecified atom stereocenters. The van der Waals surface area contributed by atoms with E-state index in [0.29, 0.717) is 11.3 Å². The zero-order valence-corrected chi connectivity index (χ0v) is 11.8. The molecule has 4 nitrogen and oxygen atoms in total. The first-order chi connectivity index (χ1) is 9.58. The van der Waals surface area contributed by atoms with Gasteiger partial charge >= 0.3 is 0 Å². The van der Waals surface area contributed by atoms with Crippen LogP contribution in [0.3, 0.4) is 0 Å². The lowest BCUT2D eigenvalue weighted by molar-refractivity contribution is -0.134. The van der Waals surface area contributed by atoms with Crippen molar-refractivity contribution < 1.29 is 13.9 Å². The number of nitrogens with two attached hydrogens (primary N) is 1. The van der Waals surface area contributed by atoms with Crippen molar-refractivity contribution in [2.75, 3.05) is 19.7 Å². The minimum Gasteiger partial charge on any atom is -0.483 e. The summed E-state index contributed by atoms with van der Waals surface area (Å²) >= 11 is 0. The number of hydrogen-bond donors (Lipinski definition) is 1. The van der Waals surface area contributed by atoms with Crippen LogP contribution < -0.4 is 10.5 Å². The van der Waals surface area contributed by atoms with Gasteiger partial charge in [0.2, 0.25) is 0 Å². The second-order valence-corrected chi connectivity index (χ2v) is 5.20. The number of likely N-dealkylation sites (tertiary alicyclic amines) is 1. The van der Waals surface area contributed by atoms with Crippen molar-refractivity contribution in [1.82, 2.24) is 4.90 Å². The summed E-state index contributed by atoms with van der Waals surface area (Å²) in [5.74, 6) is 0.100. The summed E-state index contributed by atoms with van der Waals surface area (Å²) in [6.07, 6.45) is 3.28. The Balaban J connectivity index is 1.98. The van der Waals surface area contributed by atoms with Gasteiger partial charge in [-0.05, 0) is 44.4 Å². The number of piperidine rings is 1. The van der Waals surface area contributed by atoms with Gasteiger partial charge in [0.05, 0.1) is 0 Å². The monoisotopic (exact) mass is 280 g/mol. The number of amides is 1. The number of hydrogen-bond acceptors (Lipinski definition) is 3. The number of ether oxygens (including phenoxy) is 1. The molecule has 1 atom stereocenters. The van der Waals surface area contributed by atoms with E-state index in [1.54, 1.807) is 6.92 Å². The van der Waals surface area contributed by atoms with Crippen LogP contribution in [-0.2, 0) is 4.79 Å². The second kappa shape index (κ2) is 6.70. The molecule has 1 aromatic rings. The van der Waals surface area contributed by atoms with E-state index in [2.05, 4.69) is 0 Å². The summed E-state index contributed by atoms with van der Waals surface area (Å²) in [5.41, 5.74) is 6.37. The van der Waals surface area contributed by atoms with Gasteiger partial charge in [0.25, 0.3) is 5.91 Å². The normalized spacial score (nSPS) is 16.9. The lowest BCUT2D eigenvalue weighted by Crippen LogP contribution is -2.38. The third-order valence-corrected chi connectivity index (χ3v) is 3.52. The fourth-order valence-electron chi connectivity index (χ4n) is 2.38. The van der Waals surface area contributed by atoms with E-state index in [4.69, 9.17) is 10.5 Å². The molecule has 0 aliphatic carbocycles. The maximum absolute atomic E-state index is 13.2. The van der Waals surface area contributed by atoms with Gasteiger partial charge in [-0.25, -0.2) is 4.39 Å². The molecular weight excluding hydrogens is 259 g/mol. The van der Waals surface area contributed by atoms with Crippen molar-refractivity contribution >= 4 is 5.91 Å². The summed E-state index contributed by atoms with van der Waals surface area (Å²) in [7, 11) is 0. The Kier molecular flexibility index (Phi) is 4.95. The molecule has 1 aliphatic rings. The van der Waals surface area contributed by atoms with E-state index in [-0.39, 0.29) is 24.4 Å². The van der Waals surface area contributed by atoms with Crippen LogP contribution in [0.5, 0.6) is 5.75 Å². The first-order valence-corrected chi connectivity index (χ1v) is 7.03. The standard InChI is InChI=1S/C15H21FN2O2/c1-11(17)13-9-12(16)5-6-14(13)20-10-15(19)18-7-3-2-4-8-18/h5-6,9,11H,2-4,7-8,10,17H2,1H3/t11-/m1/s1. The van der Waals surface area contributed by atoms with Gasteiger partial charge in [-0.1, -0.05) is 0 Å². The van der Waals surface area contributed by atoms with Gasteiger partial charge in [0.15, 0.2) is 6.61 Å². The first kappa shape index (κ1) is 14.8. The highest BCUT2D eigenvalue weighted by Gasteiger charge is 2.18. The van der Waals surface area contributed by atoms with Crippen LogP contribution in [0.25, 0.3) is 0 Å². The molecule has 20 heavy (non-hydrogen) atoms. The smallest absolute Gasteiger partial charge is 0.260 e. The zero-order chi connectivity index (χ0) is 14.5. The number of benzene rings is 1. The highest BCUT2D eigenvalue weighted by Crippen LogP contribution is 2.24. The Morgan fingerprint density at radius 1 is 1.40 bits per heavy atom. The van der Waals surface area contributed by atoms with Gasteiger partial charge in [0.1, 0.15) is 11.6 Å². The van der Waals surface area contributed by atoms with Crippen molar-refractivity contribution in [3.63, 3.8) is 0 Å². The third kappa shape index (κ3) is 3.70. The Morgan fingerprint density at radius 2 is 2.10 bits per heavy atom. The van der Waals surface area contributed by atoms with E-state index >= 15 is 0 Å². The Morgan fingerprint density at radius 3 is 2.75 bits per heavy atom. The van der Waals surface area contributed by atoms with E-state index in [0.717, 1.165) is 25.9 Å². The number of nitrogens with zero attached hydrogens (tertiary/aromatic N) is 1. The summed E-state index contributed by atoms with van der Waals surface area (Å²) in [6.45, 7) is 3.33. The van der Waals surface area contributed by atoms with E-state index in [9.17, 15) is 9.18 Å². The second-order valence-electron chi connectivity index (χ2n) is 5.20. The molecule has 1 aliphatic heterocycles. The van der Waals surface area contributed by atoms with Gasteiger partial charge < -0.3 is 15.4 Å². The fourth-order valence-corrected chi connectivity index (χ4v) is 2.38. The molecule has 0 spiro atoms. The van der Waals surface area contributed by atoms with Gasteiger partial charge in [-0.3, -0.25) is 4.79 Å². The predicted octanol–water partition coefficient (Wildman–Crippen LogP) is 2.24. The van der Waals surface area contributed by atoms with Crippen molar-refractivity contribution in [2.24, 2.45) is 5.73 Å². The van der Waals surface area contributed by atoms with Gasteiger partial charge in [-0.2, -0.15) is 0 Å². The molecule has 2 rings (SSSR count). The van der Waals surface area contributed by atoms with E-state index < -0.39 is 0 Å². The van der Waals surface area contributed by atoms with Crippen LogP contribution in [0.2, 0.25) is 0 Å². The molecule has 1 fully saturated rings. The first-order valence-electron chi connectivity index (χ1n) is 7.03. The Hall–Kier alpha value is -1.62. The van der Waals surface area contributed by atoms with E-state index in [1.807, 2.05) is 4.90 Å². The maximum Gasteiger partial charge on any atom is 0.260 e. The quantitative estimate of drug-likeness (QED) is 0.920. The average molecular weight is 280 g/mol. The number of rotatable bonds is 4. The van der Waals surface area contributed by atoms with Gasteiger partial charge in [0, 0.05) is 24.7 Å². The van der Waals surface area contributed by atoms with Crippen LogP contribution in [0.4, 0.5) is 4.39 Å². The third-order valence-electron chi connectivity index (χ3n) is 3.52. The van der Waals surface area contributed by atoms with Crippen molar-refractivity contribution in [3.05, 3.63) is 29.6 Å². The topological polar surface area (TPSA) is 55.6 Å². The predicted molar refractivity (Wildman–Crippen MR) is 74.9 cm³/mol. The number of halogens is 1. The maximum atomic E-state index is 13.2. The molecule has 1 heterocycles. The fraction of sp³-hybridized carbons (Fsp3) is 0.533. The lowest BCUT2D eigenvalue weighted by Gasteiger charge is -2.26. The van der Waals surface area contributed by atoms with Crippen LogP contribution >= 0.6 is 0 Å². The summed E-state index contributed by atoms with van der Waals surface area (Å²) < 4.78 is 18.7. The van der Waals surface area contributed by atoms with E-state index in [1.165, 1.54) is 24.6 Å². The van der Waals surface area contributed by atoms with Crippen LogP contribution in [0.1, 0.15) is 37.8 Å². The Bertz CT molecular complexity index is 471. The minimum atomic E-state index is -0.355. The largest absolute Gasteiger partial charge is 0.483 e. The number of carbonyl (C=O) groups excluding carboxylic acids is 1. The number of carbonyl (C=O) groups is 1. The summed E-state index contributed by atoms with van der Waals surface area (Å²) in [5, 5.41) is 0. The van der Waals surface area contributed by atoms with Crippen molar-refractivity contribution in [3.8, 4) is 5.75 Å². The molecule has 1 saturated heterocycles. The summed E-state index contributed by atoms with van der Waals surface area (Å²) in [6, 6.07) is 3.85. The molecule has 110 valence electrons. The van der Waals surface area contributed by atoms with Crippen molar-refractivity contribution in [1.29, 1.82) is 0 Å². The molecule has 0 radical (unpaired) electrons. The average Bonchev–Trinajstić information content (AvgIpc) is 2.46. The molecule has 2 N–H and O–H groups in total. The molecule has 0 saturated carbocycles. The van der Waals surface area contributed by atoms with Crippen LogP contribution in [0.15, 0.2) is 18.2 Å². The van der Waals surface area contributed by atoms with Gasteiger partial charge in [-0.15, -0.1) is 0 Å².